The van der Waals surface area contributed by atoms with Gasteiger partial charge in [0.25, 0.3) is 0 Å². The van der Waals surface area contributed by atoms with Gasteiger partial charge in [0, 0.05) is 5.56 Å². The van der Waals surface area contributed by atoms with Crippen LogP contribution in [0.2, 0.25) is 19.6 Å². The molecular weight excluding hydrogens is 311 g/mol. The lowest BCUT2D eigenvalue weighted by Gasteiger charge is -2.14. The van der Waals surface area contributed by atoms with Crippen LogP contribution in [-0.2, 0) is 5.79 Å². The van der Waals surface area contributed by atoms with Crippen LogP contribution in [0, 0.1) is 0 Å². The van der Waals surface area contributed by atoms with E-state index in [0.29, 0.717) is 0 Å². The zero-order valence-electron chi connectivity index (χ0n) is 12.6. The van der Waals surface area contributed by atoms with Crippen molar-refractivity contribution in [1.29, 1.82) is 0 Å². The summed E-state index contributed by atoms with van der Waals surface area (Å²) in [6.45, 7) is 7.24. The molecule has 3 aromatic rings. The fraction of sp³-hybridized carbons (Fsp3) is 0.250. The first-order valence-corrected chi connectivity index (χ1v) is 13.1. The molecule has 0 aliphatic carbocycles. The van der Waals surface area contributed by atoms with Crippen LogP contribution in [0.3, 0.4) is 0 Å². The molecule has 0 N–H and O–H groups in total. The molecule has 2 nitrogen and oxygen atoms in total. The zero-order chi connectivity index (χ0) is 14.9. The van der Waals surface area contributed by atoms with Crippen molar-refractivity contribution in [3.05, 3.63) is 47.8 Å². The Bertz CT molecular complexity index is 715. The van der Waals surface area contributed by atoms with E-state index in [0.717, 1.165) is 5.82 Å². The maximum atomic E-state index is 5.00. The summed E-state index contributed by atoms with van der Waals surface area (Å²) in [6.07, 6.45) is 0. The van der Waals surface area contributed by atoms with Crippen molar-refractivity contribution < 1.29 is 0 Å². The molecule has 0 aliphatic rings. The van der Waals surface area contributed by atoms with E-state index in [2.05, 4.69) is 67.5 Å². The first-order valence-electron chi connectivity index (χ1n) is 7.07. The molecule has 2 aromatic heterocycles. The summed E-state index contributed by atoms with van der Waals surface area (Å²) >= 11 is 1.72. The van der Waals surface area contributed by atoms with E-state index in [9.17, 15) is 0 Å². The minimum Gasteiger partial charge on any atom is -0.221 e. The molecule has 0 bridgehead atoms. The monoisotopic (exact) mass is 330 g/mol. The topological polar surface area (TPSA) is 25.8 Å². The number of benzene rings is 1. The molecule has 1 aromatic carbocycles. The lowest BCUT2D eigenvalue weighted by atomic mass is 10.2. The predicted molar refractivity (Wildman–Crippen MR) is 96.8 cm³/mol. The number of nitrogens with zero attached hydrogens (tertiary/aromatic N) is 2. The van der Waals surface area contributed by atoms with Gasteiger partial charge in [0.1, 0.15) is 5.43 Å². The summed E-state index contributed by atoms with van der Waals surface area (Å²) in [5.41, 5.74) is 2.44. The number of thiophene rings is 1. The van der Waals surface area contributed by atoms with Crippen LogP contribution >= 0.6 is 19.0 Å². The average molecular weight is 330 g/mol. The summed E-state index contributed by atoms with van der Waals surface area (Å²) in [6, 6.07) is 14.7. The van der Waals surface area contributed by atoms with Crippen LogP contribution in [0.5, 0.6) is 0 Å². The Kier molecular flexibility index (Phi) is 4.11. The Morgan fingerprint density at radius 1 is 1.05 bits per heavy atom. The molecule has 0 radical (unpaired) electrons. The molecule has 0 amide bonds. The van der Waals surface area contributed by atoms with E-state index in [1.54, 1.807) is 11.3 Å². The van der Waals surface area contributed by atoms with E-state index in [4.69, 9.17) is 9.73 Å². The number of aromatic nitrogens is 2. The third-order valence-corrected chi connectivity index (χ3v) is 10.2. The van der Waals surface area contributed by atoms with E-state index in [-0.39, 0.29) is 0 Å². The summed E-state index contributed by atoms with van der Waals surface area (Å²) in [5, 5.41) is 2.09. The Hall–Kier alpha value is -1.22. The first kappa shape index (κ1) is 14.7. The highest BCUT2D eigenvalue weighted by Gasteiger charge is 2.21. The van der Waals surface area contributed by atoms with Crippen molar-refractivity contribution >= 4 is 27.1 Å². The van der Waals surface area contributed by atoms with Crippen LogP contribution in [0.15, 0.2) is 47.8 Å². The van der Waals surface area contributed by atoms with Gasteiger partial charge in [-0.05, 0) is 24.9 Å². The normalized spacial score (nSPS) is 12.6. The summed E-state index contributed by atoms with van der Waals surface area (Å²) in [5.74, 6) is 2.15. The second-order valence-electron chi connectivity index (χ2n) is 6.32. The first-order chi connectivity index (χ1) is 10.0. The van der Waals surface area contributed by atoms with Gasteiger partial charge in [-0.25, -0.2) is 9.73 Å². The maximum Gasteiger partial charge on any atom is 0.173 e. The van der Waals surface area contributed by atoms with Crippen molar-refractivity contribution in [2.45, 2.75) is 25.4 Å². The molecule has 108 valence electrons. The van der Waals surface area contributed by atoms with Crippen molar-refractivity contribution in [1.82, 2.24) is 9.73 Å². The lowest BCUT2D eigenvalue weighted by Crippen LogP contribution is -2.20. The molecule has 0 spiro atoms. The van der Waals surface area contributed by atoms with Gasteiger partial charge in [-0.1, -0.05) is 56.0 Å². The van der Waals surface area contributed by atoms with E-state index in [1.807, 2.05) is 0 Å². The minimum absolute atomic E-state index is 0.511. The fourth-order valence-corrected chi connectivity index (χ4v) is 8.55. The standard InChI is InChI=1S/C16H19N2PSSi/c1-21(2,3)12-19-16(13-8-5-4-6-9-13)17-15(18-19)14-10-7-11-20-14/h4-11H,12H2,1-3H3. The summed E-state index contributed by atoms with van der Waals surface area (Å²) in [7, 11) is -1.68. The molecule has 0 saturated carbocycles. The minimum atomic E-state index is -1.17. The zero-order valence-corrected chi connectivity index (χ0v) is 15.3. The molecule has 0 saturated heterocycles. The third kappa shape index (κ3) is 3.51. The van der Waals surface area contributed by atoms with E-state index in [1.165, 1.54) is 21.7 Å². The van der Waals surface area contributed by atoms with Crippen molar-refractivity contribution in [3.8, 4) is 21.7 Å². The quantitative estimate of drug-likeness (QED) is 0.570. The van der Waals surface area contributed by atoms with Gasteiger partial charge >= 0.3 is 0 Å². The van der Waals surface area contributed by atoms with E-state index >= 15 is 0 Å². The molecule has 2 heterocycles. The van der Waals surface area contributed by atoms with Gasteiger partial charge in [-0.3, -0.25) is 0 Å². The average Bonchev–Trinajstić information content (AvgIpc) is 3.06. The van der Waals surface area contributed by atoms with E-state index < -0.39 is 15.8 Å². The molecule has 1 unspecified atom stereocenters. The van der Waals surface area contributed by atoms with Gasteiger partial charge in [0.15, 0.2) is 5.82 Å². The Morgan fingerprint density at radius 2 is 1.81 bits per heavy atom. The molecule has 3 rings (SSSR count). The molecule has 5 heteroatoms. The van der Waals surface area contributed by atoms with Crippen LogP contribution in [0.1, 0.15) is 0 Å². The SMILES string of the molecule is C[Si](C)(C)Cp1nc(-c2cccs2)nc1-c1ccccc1. The number of hydrogen-bond donors (Lipinski definition) is 0. The van der Waals surface area contributed by atoms with Crippen LogP contribution < -0.4 is 0 Å². The van der Waals surface area contributed by atoms with Crippen LogP contribution in [0.25, 0.3) is 21.7 Å². The number of rotatable bonds is 4. The predicted octanol–water partition coefficient (Wildman–Crippen LogP) is 5.74. The summed E-state index contributed by atoms with van der Waals surface area (Å²) < 4.78 is 5.00. The Labute approximate surface area is 132 Å². The second-order valence-corrected chi connectivity index (χ2v) is 15.1. The van der Waals surface area contributed by atoms with Crippen molar-refractivity contribution in [3.63, 3.8) is 0 Å². The molecule has 21 heavy (non-hydrogen) atoms. The highest BCUT2D eigenvalue weighted by atomic mass is 32.1. The van der Waals surface area contributed by atoms with Gasteiger partial charge in [0.2, 0.25) is 0 Å². The lowest BCUT2D eigenvalue weighted by molar-refractivity contribution is 1.34. The maximum absolute atomic E-state index is 5.00. The third-order valence-electron chi connectivity index (χ3n) is 3.07. The van der Waals surface area contributed by atoms with Crippen LogP contribution in [0.4, 0.5) is 0 Å². The van der Waals surface area contributed by atoms with Gasteiger partial charge in [0.05, 0.1) is 13.0 Å². The smallest absolute Gasteiger partial charge is 0.173 e. The van der Waals surface area contributed by atoms with Gasteiger partial charge < -0.3 is 0 Å². The number of hydrogen-bond acceptors (Lipinski definition) is 3. The van der Waals surface area contributed by atoms with Crippen LogP contribution in [-0.4, -0.2) is 17.8 Å². The summed E-state index contributed by atoms with van der Waals surface area (Å²) in [4.78, 5) is 6.08. The second kappa shape index (κ2) is 5.88. The highest BCUT2D eigenvalue weighted by Crippen LogP contribution is 2.43. The largest absolute Gasteiger partial charge is 0.221 e. The highest BCUT2D eigenvalue weighted by molar-refractivity contribution is 7.51. The fourth-order valence-electron chi connectivity index (χ4n) is 2.21. The van der Waals surface area contributed by atoms with Crippen molar-refractivity contribution in [2.24, 2.45) is 0 Å². The van der Waals surface area contributed by atoms with Gasteiger partial charge in [-0.15, -0.1) is 11.3 Å². The molecule has 1 atom stereocenters. The van der Waals surface area contributed by atoms with Gasteiger partial charge in [-0.2, -0.15) is 0 Å². The Balaban J connectivity index is 2.08. The molecular formula is C16H19N2PSSi. The molecule has 0 fully saturated rings. The van der Waals surface area contributed by atoms with Crippen molar-refractivity contribution in [2.75, 3.05) is 0 Å². The Morgan fingerprint density at radius 3 is 2.43 bits per heavy atom. The molecule has 0 aliphatic heterocycles.